The Bertz CT molecular complexity index is 72.9. The van der Waals surface area contributed by atoms with E-state index in [2.05, 4.69) is 20.8 Å². The molecule has 0 bridgehead atoms. The lowest BCUT2D eigenvalue weighted by Gasteiger charge is -2.17. The molecule has 0 aliphatic heterocycles. The molecular weight excluding hydrogens is 131 g/mol. The molecule has 0 saturated heterocycles. The summed E-state index contributed by atoms with van der Waals surface area (Å²) in [6.45, 7) is 6.62. The lowest BCUT2D eigenvalue weighted by atomic mass is 9.79. The summed E-state index contributed by atoms with van der Waals surface area (Å²) in [7, 11) is 5.75. The molecule has 0 saturated carbocycles. The van der Waals surface area contributed by atoms with E-state index in [1.807, 2.05) is 0 Å². The van der Waals surface area contributed by atoms with Gasteiger partial charge in [-0.3, -0.25) is 0 Å². The average molecular weight is 152 g/mol. The van der Waals surface area contributed by atoms with Gasteiger partial charge in [0.05, 0.1) is 7.85 Å². The van der Waals surface area contributed by atoms with Crippen LogP contribution >= 0.6 is 0 Å². The van der Waals surface area contributed by atoms with E-state index in [0.717, 1.165) is 5.92 Å². The molecule has 0 heterocycles. The molecule has 0 N–H and O–H groups in total. The van der Waals surface area contributed by atoms with Gasteiger partial charge < -0.3 is 0 Å². The maximum atomic E-state index is 5.75. The predicted molar refractivity (Wildman–Crippen MR) is 53.1 cm³/mol. The Morgan fingerprint density at radius 3 is 1.82 bits per heavy atom. The van der Waals surface area contributed by atoms with E-state index >= 15 is 0 Å². The first-order valence-corrected chi connectivity index (χ1v) is 4.96. The van der Waals surface area contributed by atoms with Crippen LogP contribution in [-0.2, 0) is 0 Å². The third-order valence-corrected chi connectivity index (χ3v) is 2.10. The fourth-order valence-electron chi connectivity index (χ4n) is 1.72. The molecule has 0 aromatic rings. The molecule has 1 heteroatoms. The van der Waals surface area contributed by atoms with Crippen molar-refractivity contribution in [2.75, 3.05) is 0 Å². The van der Waals surface area contributed by atoms with E-state index in [1.165, 1.54) is 32.1 Å². The van der Waals surface area contributed by atoms with Crippen molar-refractivity contribution in [3.05, 3.63) is 0 Å². The third kappa shape index (κ3) is 6.46. The van der Waals surface area contributed by atoms with Crippen molar-refractivity contribution >= 4 is 7.85 Å². The zero-order valence-corrected chi connectivity index (χ0v) is 8.27. The Kier molecular flexibility index (Phi) is 6.80. The first kappa shape index (κ1) is 11.1. The van der Waals surface area contributed by atoms with Gasteiger partial charge in [-0.25, -0.2) is 0 Å². The summed E-state index contributed by atoms with van der Waals surface area (Å²) in [5.41, 5.74) is 0. The summed E-state index contributed by atoms with van der Waals surface area (Å²) in [5.74, 6) is 1.27. The van der Waals surface area contributed by atoms with Gasteiger partial charge in [-0.1, -0.05) is 58.7 Å². The van der Waals surface area contributed by atoms with Crippen LogP contribution in [0, 0.1) is 5.92 Å². The van der Waals surface area contributed by atoms with Crippen LogP contribution < -0.4 is 0 Å². The van der Waals surface area contributed by atoms with E-state index in [1.54, 1.807) is 0 Å². The first-order valence-electron chi connectivity index (χ1n) is 4.96. The van der Waals surface area contributed by atoms with Crippen LogP contribution in [0.1, 0.15) is 52.9 Å². The van der Waals surface area contributed by atoms with Crippen LogP contribution in [0.4, 0.5) is 0 Å². The minimum atomic E-state index is 0.387. The Hall–Kier alpha value is 0.0649. The Morgan fingerprint density at radius 1 is 1.09 bits per heavy atom. The van der Waals surface area contributed by atoms with Crippen molar-refractivity contribution in [2.24, 2.45) is 5.92 Å². The quantitative estimate of drug-likeness (QED) is 0.510. The summed E-state index contributed by atoms with van der Waals surface area (Å²) in [6, 6.07) is 0. The topological polar surface area (TPSA) is 0 Å². The van der Waals surface area contributed by atoms with Crippen molar-refractivity contribution in [1.82, 2.24) is 0 Å². The molecule has 0 amide bonds. The molecule has 0 fully saturated rings. The second kappa shape index (κ2) is 6.76. The first-order chi connectivity index (χ1) is 5.20. The zero-order valence-electron chi connectivity index (χ0n) is 8.27. The van der Waals surface area contributed by atoms with E-state index in [4.69, 9.17) is 7.85 Å². The van der Waals surface area contributed by atoms with Crippen molar-refractivity contribution in [2.45, 2.75) is 58.7 Å². The molecule has 0 aliphatic carbocycles. The molecule has 0 nitrogen and oxygen atoms in total. The highest BCUT2D eigenvalue weighted by atomic mass is 14.1. The SMILES string of the molecule is [B]C(C)CC(CCC)CCC. The molecule has 11 heavy (non-hydrogen) atoms. The van der Waals surface area contributed by atoms with E-state index in [-0.39, 0.29) is 0 Å². The van der Waals surface area contributed by atoms with Crippen LogP contribution in [0.3, 0.4) is 0 Å². The summed E-state index contributed by atoms with van der Waals surface area (Å²) >= 11 is 0. The summed E-state index contributed by atoms with van der Waals surface area (Å²) in [6.07, 6.45) is 6.53. The van der Waals surface area contributed by atoms with Crippen LogP contribution in [0.2, 0.25) is 5.82 Å². The van der Waals surface area contributed by atoms with Crippen molar-refractivity contribution in [1.29, 1.82) is 0 Å². The number of hydrogen-bond donors (Lipinski definition) is 0. The Morgan fingerprint density at radius 2 is 1.55 bits per heavy atom. The molecule has 0 aromatic heterocycles. The van der Waals surface area contributed by atoms with Gasteiger partial charge in [0.15, 0.2) is 0 Å². The normalized spacial score (nSPS) is 13.8. The Labute approximate surface area is 73.2 Å². The number of hydrogen-bond acceptors (Lipinski definition) is 0. The van der Waals surface area contributed by atoms with Crippen LogP contribution in [0.5, 0.6) is 0 Å². The van der Waals surface area contributed by atoms with Gasteiger partial charge in [0.1, 0.15) is 0 Å². The fourth-order valence-corrected chi connectivity index (χ4v) is 1.72. The summed E-state index contributed by atoms with van der Waals surface area (Å²) in [4.78, 5) is 0. The van der Waals surface area contributed by atoms with Crippen molar-refractivity contribution in [3.63, 3.8) is 0 Å². The van der Waals surface area contributed by atoms with Gasteiger partial charge in [0, 0.05) is 0 Å². The maximum absolute atomic E-state index is 5.75. The van der Waals surface area contributed by atoms with Gasteiger partial charge in [0.2, 0.25) is 0 Å². The highest BCUT2D eigenvalue weighted by molar-refractivity contribution is 6.11. The summed E-state index contributed by atoms with van der Waals surface area (Å²) < 4.78 is 0. The van der Waals surface area contributed by atoms with E-state index in [0.29, 0.717) is 5.82 Å². The minimum Gasteiger partial charge on any atom is -0.0799 e. The van der Waals surface area contributed by atoms with Gasteiger partial charge >= 0.3 is 0 Å². The maximum Gasteiger partial charge on any atom is 0.0695 e. The van der Waals surface area contributed by atoms with Gasteiger partial charge in [-0.15, -0.1) is 0 Å². The lowest BCUT2D eigenvalue weighted by molar-refractivity contribution is 0.407. The monoisotopic (exact) mass is 152 g/mol. The van der Waals surface area contributed by atoms with Gasteiger partial charge in [-0.2, -0.15) is 0 Å². The molecule has 1 atom stereocenters. The molecular formula is C10H21B. The van der Waals surface area contributed by atoms with Gasteiger partial charge in [-0.05, 0) is 5.92 Å². The fraction of sp³-hybridized carbons (Fsp3) is 1.00. The minimum absolute atomic E-state index is 0.387. The van der Waals surface area contributed by atoms with Crippen LogP contribution in [0.25, 0.3) is 0 Å². The largest absolute Gasteiger partial charge is 0.0799 e. The highest BCUT2D eigenvalue weighted by Gasteiger charge is 2.07. The Balaban J connectivity index is 3.50. The highest BCUT2D eigenvalue weighted by Crippen LogP contribution is 2.22. The lowest BCUT2D eigenvalue weighted by Crippen LogP contribution is -2.02. The molecule has 0 spiro atoms. The van der Waals surface area contributed by atoms with Gasteiger partial charge in [0.25, 0.3) is 0 Å². The summed E-state index contributed by atoms with van der Waals surface area (Å²) in [5, 5.41) is 0. The molecule has 0 rings (SSSR count). The van der Waals surface area contributed by atoms with Crippen LogP contribution in [-0.4, -0.2) is 7.85 Å². The second-order valence-electron chi connectivity index (χ2n) is 3.66. The predicted octanol–water partition coefficient (Wildman–Crippen LogP) is 3.57. The zero-order chi connectivity index (χ0) is 8.69. The van der Waals surface area contributed by atoms with E-state index in [9.17, 15) is 0 Å². The smallest absolute Gasteiger partial charge is 0.0695 e. The van der Waals surface area contributed by atoms with Crippen LogP contribution in [0.15, 0.2) is 0 Å². The molecule has 2 radical (unpaired) electrons. The molecule has 0 aromatic carbocycles. The molecule has 64 valence electrons. The standard InChI is InChI=1S/C10H21B/c1-4-6-10(7-5-2)8-9(3)11/h9-10H,4-8H2,1-3H3. The van der Waals surface area contributed by atoms with E-state index < -0.39 is 0 Å². The molecule has 0 aliphatic rings. The molecule has 1 unspecified atom stereocenters. The van der Waals surface area contributed by atoms with Crippen molar-refractivity contribution in [3.8, 4) is 0 Å². The third-order valence-electron chi connectivity index (χ3n) is 2.10. The second-order valence-corrected chi connectivity index (χ2v) is 3.66. The van der Waals surface area contributed by atoms with Crippen molar-refractivity contribution < 1.29 is 0 Å². The average Bonchev–Trinajstić information content (AvgIpc) is 1.87. The number of rotatable bonds is 6.